The lowest BCUT2D eigenvalue weighted by Crippen LogP contribution is -2.05. The molecule has 0 aliphatic carbocycles. The van der Waals surface area contributed by atoms with Gasteiger partial charge in [-0.1, -0.05) is 6.07 Å². The Morgan fingerprint density at radius 1 is 1.35 bits per heavy atom. The maximum Gasteiger partial charge on any atom is 0.197 e. The average molecular weight is 249 g/mol. The first-order valence-electron chi connectivity index (χ1n) is 5.33. The van der Waals surface area contributed by atoms with Crippen molar-refractivity contribution in [3.05, 3.63) is 29.7 Å². The Balaban J connectivity index is 2.17. The van der Waals surface area contributed by atoms with Gasteiger partial charge < -0.3 is 10.3 Å². The molecule has 90 valence electrons. The molecule has 2 N–H and O–H groups in total. The van der Waals surface area contributed by atoms with E-state index in [1.807, 2.05) is 37.6 Å². The summed E-state index contributed by atoms with van der Waals surface area (Å²) < 4.78 is 1.94. The minimum Gasteiger partial charge on any atom is -0.324 e. The molecule has 0 amide bonds. The molecule has 0 saturated heterocycles. The predicted molar refractivity (Wildman–Crippen MR) is 66.7 cm³/mol. The molecule has 2 rings (SSSR count). The normalized spacial score (nSPS) is 12.7. The highest BCUT2D eigenvalue weighted by molar-refractivity contribution is 7.99. The van der Waals surface area contributed by atoms with E-state index in [1.165, 1.54) is 11.8 Å². The first kappa shape index (κ1) is 12.1. The second-order valence-corrected chi connectivity index (χ2v) is 4.90. The zero-order valence-electron chi connectivity index (χ0n) is 10.1. The van der Waals surface area contributed by atoms with Crippen LogP contribution in [0.3, 0.4) is 0 Å². The fraction of sp³-hybridized carbons (Fsp3) is 0.364. The monoisotopic (exact) mass is 249 g/mol. The fourth-order valence-electron chi connectivity index (χ4n) is 1.29. The maximum absolute atomic E-state index is 5.77. The van der Waals surface area contributed by atoms with Gasteiger partial charge in [0.15, 0.2) is 5.16 Å². The number of pyridine rings is 1. The summed E-state index contributed by atoms with van der Waals surface area (Å²) in [7, 11) is 1.94. The topological polar surface area (TPSA) is 69.6 Å². The fourth-order valence-corrected chi connectivity index (χ4v) is 2.07. The van der Waals surface area contributed by atoms with Gasteiger partial charge in [-0.2, -0.15) is 0 Å². The molecule has 6 heteroatoms. The van der Waals surface area contributed by atoms with Gasteiger partial charge in [0, 0.05) is 19.3 Å². The summed E-state index contributed by atoms with van der Waals surface area (Å²) in [6.45, 7) is 3.86. The third-order valence-corrected chi connectivity index (χ3v) is 3.52. The first-order chi connectivity index (χ1) is 8.08. The van der Waals surface area contributed by atoms with Crippen molar-refractivity contribution in [1.29, 1.82) is 0 Å². The van der Waals surface area contributed by atoms with Crippen molar-refractivity contribution in [3.8, 4) is 0 Å². The lowest BCUT2D eigenvalue weighted by atomic mass is 10.2. The van der Waals surface area contributed by atoms with E-state index in [1.54, 1.807) is 6.20 Å². The summed E-state index contributed by atoms with van der Waals surface area (Å²) in [6.07, 6.45) is 1.80. The van der Waals surface area contributed by atoms with Gasteiger partial charge in [-0.3, -0.25) is 0 Å². The summed E-state index contributed by atoms with van der Waals surface area (Å²) in [5.41, 5.74) is 6.80. The molecule has 0 bridgehead atoms. The Morgan fingerprint density at radius 3 is 2.59 bits per heavy atom. The van der Waals surface area contributed by atoms with E-state index in [0.717, 1.165) is 21.6 Å². The van der Waals surface area contributed by atoms with Crippen LogP contribution in [0.1, 0.15) is 24.4 Å². The van der Waals surface area contributed by atoms with Crippen molar-refractivity contribution in [3.63, 3.8) is 0 Å². The van der Waals surface area contributed by atoms with Crippen LogP contribution < -0.4 is 5.73 Å². The van der Waals surface area contributed by atoms with E-state index in [0.29, 0.717) is 0 Å². The molecule has 0 saturated carbocycles. The average Bonchev–Trinajstić information content (AvgIpc) is 2.62. The first-order valence-corrected chi connectivity index (χ1v) is 6.15. The van der Waals surface area contributed by atoms with Crippen LogP contribution in [0.2, 0.25) is 0 Å². The van der Waals surface area contributed by atoms with Crippen LogP contribution in [-0.2, 0) is 7.05 Å². The number of hydrogen-bond acceptors (Lipinski definition) is 5. The lowest BCUT2D eigenvalue weighted by molar-refractivity contribution is 0.763. The summed E-state index contributed by atoms with van der Waals surface area (Å²) in [4.78, 5) is 4.35. The number of aromatic nitrogens is 4. The minimum atomic E-state index is 0.0126. The number of hydrogen-bond donors (Lipinski definition) is 1. The molecule has 0 aliphatic rings. The molecule has 2 aromatic rings. The number of aryl methyl sites for hydroxylation is 1. The highest BCUT2D eigenvalue weighted by Gasteiger charge is 2.08. The van der Waals surface area contributed by atoms with Crippen LogP contribution in [0.5, 0.6) is 0 Å². The van der Waals surface area contributed by atoms with Gasteiger partial charge in [0.1, 0.15) is 10.9 Å². The zero-order chi connectivity index (χ0) is 12.4. The second-order valence-electron chi connectivity index (χ2n) is 3.91. The summed E-state index contributed by atoms with van der Waals surface area (Å²) >= 11 is 1.49. The van der Waals surface area contributed by atoms with Crippen molar-refractivity contribution in [2.75, 3.05) is 0 Å². The van der Waals surface area contributed by atoms with Crippen LogP contribution in [0.4, 0.5) is 0 Å². The largest absolute Gasteiger partial charge is 0.324 e. The molecule has 0 radical (unpaired) electrons. The molecule has 1 atom stereocenters. The number of nitrogens with two attached hydrogens (primary N) is 1. The van der Waals surface area contributed by atoms with E-state index in [4.69, 9.17) is 5.73 Å². The Labute approximate surface area is 104 Å². The molecule has 5 nitrogen and oxygen atoms in total. The molecule has 2 heterocycles. The molecule has 0 fully saturated rings. The molecule has 2 aromatic heterocycles. The van der Waals surface area contributed by atoms with Crippen LogP contribution in [0, 0.1) is 6.92 Å². The Morgan fingerprint density at radius 2 is 2.12 bits per heavy atom. The SMILES string of the molecule is Cc1nnc(Sc2ccc([C@H](C)N)cn2)n1C. The van der Waals surface area contributed by atoms with Crippen LogP contribution in [0.15, 0.2) is 28.5 Å². The van der Waals surface area contributed by atoms with Crippen LogP contribution >= 0.6 is 11.8 Å². The van der Waals surface area contributed by atoms with E-state index in [2.05, 4.69) is 15.2 Å². The molecule has 0 spiro atoms. The van der Waals surface area contributed by atoms with Gasteiger partial charge in [-0.15, -0.1) is 10.2 Å². The van der Waals surface area contributed by atoms with E-state index in [9.17, 15) is 0 Å². The highest BCUT2D eigenvalue weighted by Crippen LogP contribution is 2.24. The molecule has 0 aromatic carbocycles. The van der Waals surface area contributed by atoms with Gasteiger partial charge in [0.05, 0.1) is 0 Å². The van der Waals surface area contributed by atoms with Crippen LogP contribution in [-0.4, -0.2) is 19.7 Å². The molecular formula is C11H15N5S. The van der Waals surface area contributed by atoms with Gasteiger partial charge in [0.25, 0.3) is 0 Å². The standard InChI is InChI=1S/C11H15N5S/c1-7(12)9-4-5-10(13-6-9)17-11-15-14-8(2)16(11)3/h4-7H,12H2,1-3H3/t7-/m0/s1. The zero-order valence-corrected chi connectivity index (χ0v) is 10.9. The van der Waals surface area contributed by atoms with E-state index in [-0.39, 0.29) is 6.04 Å². The third-order valence-electron chi connectivity index (χ3n) is 2.53. The van der Waals surface area contributed by atoms with Crippen molar-refractivity contribution in [1.82, 2.24) is 19.7 Å². The number of nitrogens with zero attached hydrogens (tertiary/aromatic N) is 4. The van der Waals surface area contributed by atoms with Crippen LogP contribution in [0.25, 0.3) is 0 Å². The third kappa shape index (κ3) is 2.65. The highest BCUT2D eigenvalue weighted by atomic mass is 32.2. The number of rotatable bonds is 3. The smallest absolute Gasteiger partial charge is 0.197 e. The van der Waals surface area contributed by atoms with Gasteiger partial charge in [0.2, 0.25) is 0 Å². The molecular weight excluding hydrogens is 234 g/mol. The predicted octanol–water partition coefficient (Wildman–Crippen LogP) is 1.69. The maximum atomic E-state index is 5.77. The van der Waals surface area contributed by atoms with Gasteiger partial charge in [-0.25, -0.2) is 4.98 Å². The quantitative estimate of drug-likeness (QED) is 0.896. The van der Waals surface area contributed by atoms with Crippen molar-refractivity contribution in [2.45, 2.75) is 30.1 Å². The minimum absolute atomic E-state index is 0.0126. The summed E-state index contributed by atoms with van der Waals surface area (Å²) in [5.74, 6) is 0.889. The van der Waals surface area contributed by atoms with Gasteiger partial charge in [-0.05, 0) is 37.2 Å². The van der Waals surface area contributed by atoms with E-state index >= 15 is 0 Å². The Hall–Kier alpha value is -1.40. The summed E-state index contributed by atoms with van der Waals surface area (Å²) in [5, 5.41) is 9.81. The Kier molecular flexibility index (Phi) is 3.44. The summed E-state index contributed by atoms with van der Waals surface area (Å²) in [6, 6.07) is 3.95. The van der Waals surface area contributed by atoms with E-state index < -0.39 is 0 Å². The lowest BCUT2D eigenvalue weighted by Gasteiger charge is -2.05. The van der Waals surface area contributed by atoms with Crippen molar-refractivity contribution in [2.24, 2.45) is 12.8 Å². The van der Waals surface area contributed by atoms with Gasteiger partial charge >= 0.3 is 0 Å². The Bertz CT molecular complexity index is 503. The van der Waals surface area contributed by atoms with Crippen molar-refractivity contribution < 1.29 is 0 Å². The second kappa shape index (κ2) is 4.85. The van der Waals surface area contributed by atoms with Crippen molar-refractivity contribution >= 4 is 11.8 Å². The molecule has 0 aliphatic heterocycles. The molecule has 17 heavy (non-hydrogen) atoms. The molecule has 0 unspecified atom stereocenters.